The first kappa shape index (κ1) is 22.8. The van der Waals surface area contributed by atoms with Gasteiger partial charge < -0.3 is 24.3 Å². The zero-order chi connectivity index (χ0) is 22.1. The molecule has 0 radical (unpaired) electrons. The highest BCUT2D eigenvalue weighted by molar-refractivity contribution is 5.86. The summed E-state index contributed by atoms with van der Waals surface area (Å²) >= 11 is 0. The minimum Gasteiger partial charge on any atom is -0.485 e. The van der Waals surface area contributed by atoms with Gasteiger partial charge in [-0.3, -0.25) is 25.2 Å². The van der Waals surface area contributed by atoms with Crippen LogP contribution in [0, 0.1) is 0 Å². The van der Waals surface area contributed by atoms with Crippen LogP contribution < -0.4 is 25.6 Å². The molecule has 0 fully saturated rings. The molecular weight excluding hydrogens is 398 g/mol. The van der Waals surface area contributed by atoms with E-state index in [2.05, 4.69) is 16.2 Å². The fraction of sp³-hybridized carbons (Fsp3) is 0.474. The second-order valence-electron chi connectivity index (χ2n) is 7.24. The lowest BCUT2D eigenvalue weighted by Gasteiger charge is -2.25. The Kier molecular flexibility index (Phi) is 7.84. The number of hydrogen-bond acceptors (Lipinski definition) is 8. The van der Waals surface area contributed by atoms with Crippen molar-refractivity contribution in [3.8, 4) is 11.5 Å². The zero-order valence-corrected chi connectivity index (χ0v) is 17.0. The first-order valence-corrected chi connectivity index (χ1v) is 9.24. The van der Waals surface area contributed by atoms with Crippen molar-refractivity contribution >= 4 is 23.9 Å². The minimum atomic E-state index is -0.943. The summed E-state index contributed by atoms with van der Waals surface area (Å²) in [5.74, 6) is -1.12. The van der Waals surface area contributed by atoms with Gasteiger partial charge in [0, 0.05) is 6.54 Å². The van der Waals surface area contributed by atoms with Crippen LogP contribution in [0.2, 0.25) is 0 Å². The Morgan fingerprint density at radius 1 is 1.10 bits per heavy atom. The number of nitrogens with one attached hydrogen (secondary N) is 3. The van der Waals surface area contributed by atoms with Crippen LogP contribution in [0.15, 0.2) is 24.3 Å². The van der Waals surface area contributed by atoms with Gasteiger partial charge in [0.05, 0.1) is 6.42 Å². The largest absolute Gasteiger partial charge is 0.485 e. The zero-order valence-electron chi connectivity index (χ0n) is 17.0. The lowest BCUT2D eigenvalue weighted by atomic mass is 10.2. The van der Waals surface area contributed by atoms with Gasteiger partial charge in [-0.1, -0.05) is 12.1 Å². The Labute approximate surface area is 173 Å². The van der Waals surface area contributed by atoms with E-state index in [1.54, 1.807) is 45.0 Å². The third-order valence-electron chi connectivity index (χ3n) is 3.49. The van der Waals surface area contributed by atoms with Gasteiger partial charge in [-0.15, -0.1) is 0 Å². The SMILES string of the molecule is CC(C)(C)OC(=O)NCCC(=O)OCC(=O)NNC(=O)C1COc2ccccc2O1. The number of esters is 1. The van der Waals surface area contributed by atoms with E-state index in [1.165, 1.54) is 0 Å². The summed E-state index contributed by atoms with van der Waals surface area (Å²) in [6.45, 7) is 4.51. The molecule has 0 spiro atoms. The number of alkyl carbamates (subject to hydrolysis) is 1. The van der Waals surface area contributed by atoms with Crippen molar-refractivity contribution in [2.24, 2.45) is 0 Å². The van der Waals surface area contributed by atoms with Crippen LogP contribution >= 0.6 is 0 Å². The summed E-state index contributed by atoms with van der Waals surface area (Å²) in [7, 11) is 0. The Hall–Kier alpha value is -3.50. The minimum absolute atomic E-state index is 0.00735. The van der Waals surface area contributed by atoms with Gasteiger partial charge in [-0.25, -0.2) is 4.79 Å². The molecule has 1 atom stereocenters. The smallest absolute Gasteiger partial charge is 0.407 e. The van der Waals surface area contributed by atoms with Crippen LogP contribution in [0.4, 0.5) is 4.79 Å². The second kappa shape index (κ2) is 10.3. The molecule has 11 nitrogen and oxygen atoms in total. The number of carbonyl (C=O) groups excluding carboxylic acids is 4. The van der Waals surface area contributed by atoms with Crippen LogP contribution in [-0.2, 0) is 23.9 Å². The maximum Gasteiger partial charge on any atom is 0.407 e. The van der Waals surface area contributed by atoms with Gasteiger partial charge in [-0.05, 0) is 32.9 Å². The van der Waals surface area contributed by atoms with Crippen LogP contribution in [-0.4, -0.2) is 55.3 Å². The normalized spacial score (nSPS) is 14.8. The molecule has 11 heteroatoms. The fourth-order valence-corrected chi connectivity index (χ4v) is 2.20. The molecule has 1 heterocycles. The van der Waals surface area contributed by atoms with Gasteiger partial charge in [0.2, 0.25) is 6.10 Å². The summed E-state index contributed by atoms with van der Waals surface area (Å²) in [5, 5.41) is 2.40. The molecule has 1 aliphatic rings. The number of amides is 3. The van der Waals surface area contributed by atoms with Gasteiger partial charge in [0.25, 0.3) is 11.8 Å². The van der Waals surface area contributed by atoms with Crippen molar-refractivity contribution < 1.29 is 38.1 Å². The Morgan fingerprint density at radius 3 is 2.50 bits per heavy atom. The summed E-state index contributed by atoms with van der Waals surface area (Å²) in [6, 6.07) is 6.88. The maximum atomic E-state index is 12.1. The lowest BCUT2D eigenvalue weighted by Crippen LogP contribution is -2.51. The van der Waals surface area contributed by atoms with Crippen LogP contribution in [0.25, 0.3) is 0 Å². The number of hydrazine groups is 1. The second-order valence-corrected chi connectivity index (χ2v) is 7.24. The van der Waals surface area contributed by atoms with E-state index in [9.17, 15) is 19.2 Å². The van der Waals surface area contributed by atoms with E-state index in [1.807, 2.05) is 0 Å². The number of carbonyl (C=O) groups is 4. The quantitative estimate of drug-likeness (QED) is 0.442. The average molecular weight is 423 g/mol. The van der Waals surface area contributed by atoms with E-state index in [0.29, 0.717) is 11.5 Å². The molecule has 3 N–H and O–H groups in total. The van der Waals surface area contributed by atoms with E-state index in [0.717, 1.165) is 0 Å². The summed E-state index contributed by atoms with van der Waals surface area (Å²) in [4.78, 5) is 46.8. The first-order chi connectivity index (χ1) is 14.1. The molecular formula is C19H25N3O8. The third kappa shape index (κ3) is 7.86. The van der Waals surface area contributed by atoms with Gasteiger partial charge in [0.15, 0.2) is 18.1 Å². The molecule has 30 heavy (non-hydrogen) atoms. The highest BCUT2D eigenvalue weighted by Crippen LogP contribution is 2.30. The highest BCUT2D eigenvalue weighted by Gasteiger charge is 2.27. The van der Waals surface area contributed by atoms with Crippen molar-refractivity contribution in [2.75, 3.05) is 19.8 Å². The van der Waals surface area contributed by atoms with Crippen molar-refractivity contribution in [3.05, 3.63) is 24.3 Å². The molecule has 0 bridgehead atoms. The van der Waals surface area contributed by atoms with Crippen molar-refractivity contribution in [1.82, 2.24) is 16.2 Å². The van der Waals surface area contributed by atoms with Crippen molar-refractivity contribution in [1.29, 1.82) is 0 Å². The predicted octanol–water partition coefficient (Wildman–Crippen LogP) is 0.432. The molecule has 3 amide bonds. The summed E-state index contributed by atoms with van der Waals surface area (Å²) < 4.78 is 20.7. The topological polar surface area (TPSA) is 141 Å². The predicted molar refractivity (Wildman–Crippen MR) is 102 cm³/mol. The van der Waals surface area contributed by atoms with Gasteiger partial charge in [-0.2, -0.15) is 0 Å². The average Bonchev–Trinajstić information content (AvgIpc) is 2.68. The molecule has 1 aromatic carbocycles. The Bertz CT molecular complexity index is 790. The highest BCUT2D eigenvalue weighted by atomic mass is 16.6. The van der Waals surface area contributed by atoms with E-state index < -0.39 is 42.2 Å². The number of hydrogen-bond donors (Lipinski definition) is 3. The van der Waals surface area contributed by atoms with Gasteiger partial charge in [0.1, 0.15) is 12.2 Å². The molecule has 164 valence electrons. The first-order valence-electron chi connectivity index (χ1n) is 9.24. The molecule has 1 aliphatic heterocycles. The number of ether oxygens (including phenoxy) is 4. The number of fused-ring (bicyclic) bond motifs is 1. The van der Waals surface area contributed by atoms with E-state index >= 15 is 0 Å². The molecule has 2 rings (SSSR count). The van der Waals surface area contributed by atoms with Crippen molar-refractivity contribution in [3.63, 3.8) is 0 Å². The van der Waals surface area contributed by atoms with Crippen molar-refractivity contribution in [2.45, 2.75) is 38.9 Å². The van der Waals surface area contributed by atoms with Crippen LogP contribution in [0.1, 0.15) is 27.2 Å². The summed E-state index contributed by atoms with van der Waals surface area (Å²) in [5.41, 5.74) is 3.65. The molecule has 0 saturated carbocycles. The Morgan fingerprint density at radius 2 is 1.80 bits per heavy atom. The number of para-hydroxylation sites is 2. The van der Waals surface area contributed by atoms with E-state index in [4.69, 9.17) is 18.9 Å². The lowest BCUT2D eigenvalue weighted by molar-refractivity contribution is -0.149. The molecule has 0 aliphatic carbocycles. The number of rotatable bonds is 6. The van der Waals surface area contributed by atoms with Crippen LogP contribution in [0.5, 0.6) is 11.5 Å². The van der Waals surface area contributed by atoms with Crippen LogP contribution in [0.3, 0.4) is 0 Å². The van der Waals surface area contributed by atoms with Gasteiger partial charge >= 0.3 is 12.1 Å². The third-order valence-corrected chi connectivity index (χ3v) is 3.49. The maximum absolute atomic E-state index is 12.1. The Balaban J connectivity index is 1.60. The molecule has 0 saturated heterocycles. The fourth-order valence-electron chi connectivity index (χ4n) is 2.20. The number of benzene rings is 1. The van der Waals surface area contributed by atoms with E-state index in [-0.39, 0.29) is 19.6 Å². The summed E-state index contributed by atoms with van der Waals surface area (Å²) in [6.07, 6.45) is -1.75. The standard InChI is InChI=1S/C19H25N3O8/c1-19(2,3)30-18(26)20-9-8-16(24)28-11-15(23)21-22-17(25)14-10-27-12-6-4-5-7-13(12)29-14/h4-7,14H,8-11H2,1-3H3,(H,20,26)(H,21,23)(H,22,25). The monoisotopic (exact) mass is 423 g/mol. The molecule has 0 aromatic heterocycles. The molecule has 1 aromatic rings. The molecule has 1 unspecified atom stereocenters.